The Morgan fingerprint density at radius 1 is 1.00 bits per heavy atom. The van der Waals surface area contributed by atoms with Crippen LogP contribution in [0.3, 0.4) is 0 Å². The molecule has 0 fully saturated rings. The maximum atomic E-state index is 13.3. The third-order valence-electron chi connectivity index (χ3n) is 5.03. The van der Waals surface area contributed by atoms with E-state index >= 15 is 0 Å². The van der Waals surface area contributed by atoms with Crippen molar-refractivity contribution in [3.8, 4) is 5.82 Å². The van der Waals surface area contributed by atoms with E-state index in [-0.39, 0.29) is 17.0 Å². The molecule has 1 aliphatic rings. The van der Waals surface area contributed by atoms with E-state index in [0.29, 0.717) is 33.9 Å². The van der Waals surface area contributed by atoms with Gasteiger partial charge in [-0.05, 0) is 43.3 Å². The highest BCUT2D eigenvalue weighted by Crippen LogP contribution is 2.34. The summed E-state index contributed by atoms with van der Waals surface area (Å²) in [7, 11) is 0. The SMILES string of the molecule is CC(=O)Nc1ccc(N2C(=O)c3cnc4c(c(C)nn4-c4ccccn4)c3C2=O)cc1. The van der Waals surface area contributed by atoms with Crippen molar-refractivity contribution in [1.82, 2.24) is 19.7 Å². The van der Waals surface area contributed by atoms with E-state index in [1.165, 1.54) is 13.1 Å². The van der Waals surface area contributed by atoms with Crippen LogP contribution in [-0.4, -0.2) is 37.5 Å². The molecule has 0 radical (unpaired) electrons. The first-order valence-electron chi connectivity index (χ1n) is 9.52. The maximum absolute atomic E-state index is 13.3. The van der Waals surface area contributed by atoms with Crippen molar-refractivity contribution in [2.75, 3.05) is 10.2 Å². The Hall–Kier alpha value is -4.40. The van der Waals surface area contributed by atoms with Gasteiger partial charge in [0.2, 0.25) is 5.91 Å². The number of aromatic nitrogens is 4. The van der Waals surface area contributed by atoms with E-state index in [9.17, 15) is 14.4 Å². The number of nitrogens with zero attached hydrogens (tertiary/aromatic N) is 5. The van der Waals surface area contributed by atoms with Crippen LogP contribution in [-0.2, 0) is 4.79 Å². The van der Waals surface area contributed by atoms with Crippen molar-refractivity contribution in [3.05, 3.63) is 71.7 Å². The summed E-state index contributed by atoms with van der Waals surface area (Å²) in [6.45, 7) is 3.18. The number of pyridine rings is 2. The lowest BCUT2D eigenvalue weighted by Crippen LogP contribution is -2.29. The van der Waals surface area contributed by atoms with Crippen molar-refractivity contribution >= 4 is 40.1 Å². The van der Waals surface area contributed by atoms with Crippen LogP contribution >= 0.6 is 0 Å². The van der Waals surface area contributed by atoms with Gasteiger partial charge in [0.05, 0.1) is 27.9 Å². The number of amides is 3. The van der Waals surface area contributed by atoms with Crippen LogP contribution in [0.4, 0.5) is 11.4 Å². The van der Waals surface area contributed by atoms with E-state index in [1.54, 1.807) is 54.2 Å². The lowest BCUT2D eigenvalue weighted by atomic mass is 10.1. The average molecular weight is 412 g/mol. The molecule has 4 heterocycles. The molecule has 4 aromatic rings. The molecule has 9 heteroatoms. The molecule has 0 saturated heterocycles. The van der Waals surface area contributed by atoms with Crippen LogP contribution in [0.1, 0.15) is 33.3 Å². The molecule has 0 spiro atoms. The lowest BCUT2D eigenvalue weighted by Gasteiger charge is -2.14. The minimum absolute atomic E-state index is 0.206. The second kappa shape index (κ2) is 6.84. The minimum atomic E-state index is -0.452. The molecule has 3 aromatic heterocycles. The van der Waals surface area contributed by atoms with Crippen LogP contribution in [0, 0.1) is 6.92 Å². The predicted octanol–water partition coefficient (Wildman–Crippen LogP) is 2.88. The number of imide groups is 1. The molecule has 0 saturated carbocycles. The molecule has 9 nitrogen and oxygen atoms in total. The van der Waals surface area contributed by atoms with Crippen molar-refractivity contribution in [1.29, 1.82) is 0 Å². The van der Waals surface area contributed by atoms with Crippen LogP contribution in [0.5, 0.6) is 0 Å². The van der Waals surface area contributed by atoms with Gasteiger partial charge in [-0.3, -0.25) is 14.4 Å². The van der Waals surface area contributed by atoms with Gasteiger partial charge in [0, 0.05) is 25.0 Å². The summed E-state index contributed by atoms with van der Waals surface area (Å²) < 4.78 is 1.56. The Morgan fingerprint density at radius 2 is 1.77 bits per heavy atom. The van der Waals surface area contributed by atoms with Gasteiger partial charge in [0.1, 0.15) is 0 Å². The number of carbonyl (C=O) groups is 3. The number of hydrogen-bond donors (Lipinski definition) is 1. The predicted molar refractivity (Wildman–Crippen MR) is 113 cm³/mol. The molecular weight excluding hydrogens is 396 g/mol. The molecule has 152 valence electrons. The first kappa shape index (κ1) is 18.6. The summed E-state index contributed by atoms with van der Waals surface area (Å²) >= 11 is 0. The molecule has 1 aliphatic heterocycles. The van der Waals surface area contributed by atoms with Gasteiger partial charge in [0.15, 0.2) is 11.5 Å². The number of nitrogens with one attached hydrogen (secondary N) is 1. The summed E-state index contributed by atoms with van der Waals surface area (Å²) in [5.41, 5.74) is 2.52. The second-order valence-electron chi connectivity index (χ2n) is 7.10. The summed E-state index contributed by atoms with van der Waals surface area (Å²) in [5, 5.41) is 7.69. The van der Waals surface area contributed by atoms with Crippen molar-refractivity contribution < 1.29 is 14.4 Å². The highest BCUT2D eigenvalue weighted by Gasteiger charge is 2.40. The quantitative estimate of drug-likeness (QED) is 0.518. The molecule has 3 amide bonds. The fourth-order valence-corrected chi connectivity index (χ4v) is 3.73. The summed E-state index contributed by atoms with van der Waals surface area (Å²) in [6, 6.07) is 11.9. The Bertz CT molecular complexity index is 1380. The van der Waals surface area contributed by atoms with Crippen molar-refractivity contribution in [2.24, 2.45) is 0 Å². The van der Waals surface area contributed by atoms with Gasteiger partial charge >= 0.3 is 0 Å². The van der Waals surface area contributed by atoms with Gasteiger partial charge in [0.25, 0.3) is 11.8 Å². The van der Waals surface area contributed by atoms with E-state index in [0.717, 1.165) is 4.90 Å². The normalized spacial score (nSPS) is 13.0. The first-order chi connectivity index (χ1) is 15.0. The average Bonchev–Trinajstić information content (AvgIpc) is 3.23. The molecule has 0 atom stereocenters. The van der Waals surface area contributed by atoms with Crippen molar-refractivity contribution in [3.63, 3.8) is 0 Å². The molecule has 31 heavy (non-hydrogen) atoms. The third-order valence-corrected chi connectivity index (χ3v) is 5.03. The first-order valence-corrected chi connectivity index (χ1v) is 9.52. The molecule has 0 bridgehead atoms. The van der Waals surface area contributed by atoms with Crippen molar-refractivity contribution in [2.45, 2.75) is 13.8 Å². The summed E-state index contributed by atoms with van der Waals surface area (Å²) in [6.07, 6.45) is 3.05. The largest absolute Gasteiger partial charge is 0.326 e. The number of aryl methyl sites for hydroxylation is 1. The van der Waals surface area contributed by atoms with Gasteiger partial charge in [-0.1, -0.05) is 6.07 Å². The van der Waals surface area contributed by atoms with Gasteiger partial charge in [-0.25, -0.2) is 14.9 Å². The lowest BCUT2D eigenvalue weighted by molar-refractivity contribution is -0.114. The molecule has 0 aliphatic carbocycles. The Labute approximate surface area is 176 Å². The third kappa shape index (κ3) is 2.86. The molecule has 0 unspecified atom stereocenters. The molecule has 1 aromatic carbocycles. The Kier molecular flexibility index (Phi) is 4.11. The van der Waals surface area contributed by atoms with E-state index in [2.05, 4.69) is 20.4 Å². The van der Waals surface area contributed by atoms with E-state index in [1.807, 2.05) is 6.07 Å². The zero-order valence-electron chi connectivity index (χ0n) is 16.7. The summed E-state index contributed by atoms with van der Waals surface area (Å²) in [5.74, 6) is -0.535. The number of rotatable bonds is 3. The fraction of sp³-hybridized carbons (Fsp3) is 0.0909. The zero-order valence-corrected chi connectivity index (χ0v) is 16.7. The highest BCUT2D eigenvalue weighted by molar-refractivity contribution is 6.37. The van der Waals surface area contributed by atoms with Gasteiger partial charge < -0.3 is 5.32 Å². The van der Waals surface area contributed by atoms with E-state index < -0.39 is 11.8 Å². The fourth-order valence-electron chi connectivity index (χ4n) is 3.73. The molecular formula is C22H16N6O3. The van der Waals surface area contributed by atoms with Crippen LogP contribution in [0.15, 0.2) is 54.9 Å². The smallest absolute Gasteiger partial charge is 0.267 e. The standard InChI is InChI=1S/C22H16N6O3/c1-12-18-19-16(11-24-20(18)28(26-12)17-5-3-4-10-23-17)21(30)27(22(19)31)15-8-6-14(7-9-15)25-13(2)29/h3-11H,1-2H3,(H,25,29). The molecule has 5 rings (SSSR count). The second-order valence-corrected chi connectivity index (χ2v) is 7.10. The zero-order chi connectivity index (χ0) is 21.7. The van der Waals surface area contributed by atoms with Crippen LogP contribution in [0.2, 0.25) is 0 Å². The number of carbonyl (C=O) groups excluding carboxylic acids is 3. The number of hydrogen-bond acceptors (Lipinski definition) is 6. The number of fused-ring (bicyclic) bond motifs is 3. The van der Waals surface area contributed by atoms with Crippen LogP contribution < -0.4 is 10.2 Å². The minimum Gasteiger partial charge on any atom is -0.326 e. The number of benzene rings is 1. The van der Waals surface area contributed by atoms with E-state index in [4.69, 9.17) is 0 Å². The number of anilines is 2. The maximum Gasteiger partial charge on any atom is 0.267 e. The Balaban J connectivity index is 1.61. The molecule has 1 N–H and O–H groups in total. The monoisotopic (exact) mass is 412 g/mol. The van der Waals surface area contributed by atoms with Crippen LogP contribution in [0.25, 0.3) is 16.9 Å². The topological polar surface area (TPSA) is 110 Å². The van der Waals surface area contributed by atoms with Gasteiger partial charge in [-0.15, -0.1) is 0 Å². The van der Waals surface area contributed by atoms with Gasteiger partial charge in [-0.2, -0.15) is 9.78 Å². The Morgan fingerprint density at radius 3 is 2.45 bits per heavy atom. The highest BCUT2D eigenvalue weighted by atomic mass is 16.2. The summed E-state index contributed by atoms with van der Waals surface area (Å²) in [4.78, 5) is 47.4.